The summed E-state index contributed by atoms with van der Waals surface area (Å²) >= 11 is 0. The van der Waals surface area contributed by atoms with Gasteiger partial charge in [0.05, 0.1) is 12.3 Å². The van der Waals surface area contributed by atoms with Crippen LogP contribution in [0, 0.1) is 5.92 Å². The number of ether oxygens (including phenoxy) is 3. The number of nitrogens with one attached hydrogen (secondary N) is 3. The first-order valence-corrected chi connectivity index (χ1v) is 16.2. The summed E-state index contributed by atoms with van der Waals surface area (Å²) < 4.78 is 15.9. The van der Waals surface area contributed by atoms with Gasteiger partial charge in [0.15, 0.2) is 0 Å². The summed E-state index contributed by atoms with van der Waals surface area (Å²) in [5.41, 5.74) is 1.02. The minimum Gasteiger partial charge on any atom is -0.461 e. The fourth-order valence-corrected chi connectivity index (χ4v) is 5.00. The molecule has 256 valence electrons. The van der Waals surface area contributed by atoms with Crippen molar-refractivity contribution in [2.75, 3.05) is 26.2 Å². The zero-order chi connectivity index (χ0) is 34.1. The normalized spacial score (nSPS) is 15.1. The number of alkyl carbamates (subject to hydrolysis) is 2. The van der Waals surface area contributed by atoms with Gasteiger partial charge in [0.25, 0.3) is 0 Å². The lowest BCUT2D eigenvalue weighted by molar-refractivity contribution is -0.144. The van der Waals surface area contributed by atoms with Gasteiger partial charge in [0.1, 0.15) is 24.9 Å². The molecule has 3 N–H and O–H groups in total. The van der Waals surface area contributed by atoms with Gasteiger partial charge in [-0.15, -0.1) is 0 Å². The molecule has 0 spiro atoms. The zero-order valence-electron chi connectivity index (χ0n) is 27.6. The molecule has 47 heavy (non-hydrogen) atoms. The lowest BCUT2D eigenvalue weighted by Crippen LogP contribution is -2.53. The van der Waals surface area contributed by atoms with Crippen LogP contribution in [0.1, 0.15) is 70.4 Å². The second kappa shape index (κ2) is 19.1. The zero-order valence-corrected chi connectivity index (χ0v) is 27.6. The number of carbonyl (C=O) groups excluding carboxylic acids is 5. The topological polar surface area (TPSA) is 152 Å². The molecule has 1 fully saturated rings. The third-order valence-corrected chi connectivity index (χ3v) is 7.37. The van der Waals surface area contributed by atoms with Gasteiger partial charge in [0.2, 0.25) is 11.8 Å². The van der Waals surface area contributed by atoms with Gasteiger partial charge >= 0.3 is 18.2 Å². The van der Waals surface area contributed by atoms with Crippen LogP contribution in [0.15, 0.2) is 60.7 Å². The van der Waals surface area contributed by atoms with Crippen LogP contribution in [-0.2, 0) is 41.8 Å². The summed E-state index contributed by atoms with van der Waals surface area (Å²) in [5, 5.41) is 8.20. The largest absolute Gasteiger partial charge is 0.461 e. The molecular weight excluding hydrogens is 604 g/mol. The standard InChI is InChI=1S/C35H48N4O8/c1-35(2,3)47-34(44)38-29(18-10-11-20-37-33(43)46-25-27-15-8-5-9-16-27)32(42)39-22-12-17-28(23-39)31(41)36-21-19-30(40)45-24-26-13-6-4-7-14-26/h4-9,13-16,28-29H,10-12,17-25H2,1-3H3,(H,36,41)(H,37,43)(H,38,44)/t28?,29-/m0/s1. The minimum absolute atomic E-state index is 0.0371. The van der Waals surface area contributed by atoms with Crippen molar-refractivity contribution in [3.63, 3.8) is 0 Å². The molecule has 0 radical (unpaired) electrons. The highest BCUT2D eigenvalue weighted by molar-refractivity contribution is 5.87. The Balaban J connectivity index is 1.44. The molecule has 1 heterocycles. The van der Waals surface area contributed by atoms with E-state index in [0.29, 0.717) is 45.2 Å². The molecule has 1 aliphatic heterocycles. The first-order valence-electron chi connectivity index (χ1n) is 16.2. The van der Waals surface area contributed by atoms with E-state index in [4.69, 9.17) is 14.2 Å². The maximum absolute atomic E-state index is 13.6. The van der Waals surface area contributed by atoms with Crippen molar-refractivity contribution in [3.05, 3.63) is 71.8 Å². The Morgan fingerprint density at radius 3 is 2.11 bits per heavy atom. The van der Waals surface area contributed by atoms with Crippen LogP contribution >= 0.6 is 0 Å². The molecule has 2 atom stereocenters. The summed E-state index contributed by atoms with van der Waals surface area (Å²) in [5.74, 6) is -1.39. The fourth-order valence-electron chi connectivity index (χ4n) is 5.00. The Hall–Kier alpha value is -4.61. The van der Waals surface area contributed by atoms with E-state index >= 15 is 0 Å². The average molecular weight is 653 g/mol. The summed E-state index contributed by atoms with van der Waals surface area (Å²) in [6.45, 7) is 6.68. The van der Waals surface area contributed by atoms with Crippen LogP contribution in [0.4, 0.5) is 9.59 Å². The highest BCUT2D eigenvalue weighted by Gasteiger charge is 2.33. The molecule has 12 heteroatoms. The molecular formula is C35H48N4O8. The van der Waals surface area contributed by atoms with Crippen molar-refractivity contribution in [1.82, 2.24) is 20.9 Å². The van der Waals surface area contributed by atoms with Gasteiger partial charge in [-0.25, -0.2) is 9.59 Å². The van der Waals surface area contributed by atoms with Gasteiger partial charge in [-0.3, -0.25) is 14.4 Å². The molecule has 1 saturated heterocycles. The third kappa shape index (κ3) is 14.6. The molecule has 2 aromatic rings. The maximum atomic E-state index is 13.6. The van der Waals surface area contributed by atoms with E-state index in [1.807, 2.05) is 60.7 Å². The van der Waals surface area contributed by atoms with Gasteiger partial charge in [-0.05, 0) is 64.0 Å². The lowest BCUT2D eigenvalue weighted by Gasteiger charge is -2.34. The molecule has 0 aliphatic carbocycles. The number of likely N-dealkylation sites (tertiary alicyclic amines) is 1. The summed E-state index contributed by atoms with van der Waals surface area (Å²) in [4.78, 5) is 64.9. The van der Waals surface area contributed by atoms with Crippen molar-refractivity contribution in [3.8, 4) is 0 Å². The molecule has 2 aromatic carbocycles. The van der Waals surface area contributed by atoms with Crippen molar-refractivity contribution >= 4 is 30.0 Å². The van der Waals surface area contributed by atoms with E-state index in [1.165, 1.54) is 0 Å². The Labute approximate surface area is 276 Å². The van der Waals surface area contributed by atoms with E-state index in [2.05, 4.69) is 16.0 Å². The van der Waals surface area contributed by atoms with Gasteiger partial charge < -0.3 is 35.1 Å². The number of nitrogens with zero attached hydrogens (tertiary/aromatic N) is 1. The predicted octanol–water partition coefficient (Wildman–Crippen LogP) is 4.46. The van der Waals surface area contributed by atoms with Crippen LogP contribution in [0.2, 0.25) is 0 Å². The Morgan fingerprint density at radius 1 is 0.830 bits per heavy atom. The number of hydrogen-bond donors (Lipinski definition) is 3. The van der Waals surface area contributed by atoms with Crippen LogP contribution in [0.25, 0.3) is 0 Å². The number of rotatable bonds is 15. The number of piperidine rings is 1. The lowest BCUT2D eigenvalue weighted by atomic mass is 9.96. The smallest absolute Gasteiger partial charge is 0.408 e. The first kappa shape index (κ1) is 36.9. The number of esters is 1. The fraction of sp³-hybridized carbons (Fsp3) is 0.514. The Kier molecular flexibility index (Phi) is 15.0. The van der Waals surface area contributed by atoms with Crippen LogP contribution in [0.5, 0.6) is 0 Å². The van der Waals surface area contributed by atoms with E-state index in [-0.39, 0.29) is 44.5 Å². The van der Waals surface area contributed by atoms with E-state index in [0.717, 1.165) is 11.1 Å². The predicted molar refractivity (Wildman–Crippen MR) is 175 cm³/mol. The minimum atomic E-state index is -0.865. The monoisotopic (exact) mass is 652 g/mol. The first-order chi connectivity index (χ1) is 22.5. The SMILES string of the molecule is CC(C)(C)OC(=O)N[C@@H](CCCCNC(=O)OCc1ccccc1)C(=O)N1CCCC(C(=O)NCCC(=O)OCc2ccccc2)C1. The third-order valence-electron chi connectivity index (χ3n) is 7.37. The molecule has 1 unspecified atom stereocenters. The Morgan fingerprint density at radius 2 is 1.47 bits per heavy atom. The quantitative estimate of drug-likeness (QED) is 0.145. The Bertz CT molecular complexity index is 1300. The highest BCUT2D eigenvalue weighted by Crippen LogP contribution is 2.19. The number of carbonyl (C=O) groups is 5. The molecule has 12 nitrogen and oxygen atoms in total. The van der Waals surface area contributed by atoms with Crippen LogP contribution in [-0.4, -0.2) is 72.7 Å². The molecule has 4 amide bonds. The number of amides is 4. The van der Waals surface area contributed by atoms with Crippen molar-refractivity contribution in [2.45, 2.75) is 84.2 Å². The van der Waals surface area contributed by atoms with E-state index in [9.17, 15) is 24.0 Å². The van der Waals surface area contributed by atoms with E-state index in [1.54, 1.807) is 25.7 Å². The summed E-state index contributed by atoms with van der Waals surface area (Å²) in [7, 11) is 0. The van der Waals surface area contributed by atoms with Crippen LogP contribution < -0.4 is 16.0 Å². The highest BCUT2D eigenvalue weighted by atomic mass is 16.6. The van der Waals surface area contributed by atoms with Crippen molar-refractivity contribution < 1.29 is 38.2 Å². The van der Waals surface area contributed by atoms with Crippen molar-refractivity contribution in [1.29, 1.82) is 0 Å². The summed E-state index contributed by atoms with van der Waals surface area (Å²) in [6.07, 6.45) is 1.43. The second-order valence-electron chi connectivity index (χ2n) is 12.5. The molecule has 0 aromatic heterocycles. The van der Waals surface area contributed by atoms with Crippen LogP contribution in [0.3, 0.4) is 0 Å². The van der Waals surface area contributed by atoms with Gasteiger partial charge in [0, 0.05) is 26.2 Å². The molecule has 1 aliphatic rings. The molecule has 0 saturated carbocycles. The number of unbranched alkanes of at least 4 members (excludes halogenated alkanes) is 1. The molecule has 3 rings (SSSR count). The summed E-state index contributed by atoms with van der Waals surface area (Å²) in [6, 6.07) is 17.8. The van der Waals surface area contributed by atoms with Gasteiger partial charge in [-0.2, -0.15) is 0 Å². The maximum Gasteiger partial charge on any atom is 0.408 e. The second-order valence-corrected chi connectivity index (χ2v) is 12.5. The average Bonchev–Trinajstić information content (AvgIpc) is 3.05. The van der Waals surface area contributed by atoms with Crippen molar-refractivity contribution in [2.24, 2.45) is 5.92 Å². The number of benzene rings is 2. The van der Waals surface area contributed by atoms with E-state index < -0.39 is 35.7 Å². The number of hydrogen-bond acceptors (Lipinski definition) is 8. The molecule has 0 bridgehead atoms. The van der Waals surface area contributed by atoms with Gasteiger partial charge in [-0.1, -0.05) is 60.7 Å².